The van der Waals surface area contributed by atoms with E-state index >= 15 is 0 Å². The molecule has 0 saturated heterocycles. The molecule has 1 amide bonds. The van der Waals surface area contributed by atoms with E-state index in [0.717, 1.165) is 16.0 Å². The predicted molar refractivity (Wildman–Crippen MR) is 71.9 cm³/mol. The van der Waals surface area contributed by atoms with Crippen molar-refractivity contribution < 1.29 is 14.7 Å². The monoisotopic (exact) mass is 267 g/mol. The van der Waals surface area contributed by atoms with Gasteiger partial charge in [0.15, 0.2) is 0 Å². The Morgan fingerprint density at radius 2 is 2.06 bits per heavy atom. The van der Waals surface area contributed by atoms with E-state index in [9.17, 15) is 9.59 Å². The van der Waals surface area contributed by atoms with Crippen molar-refractivity contribution in [1.82, 2.24) is 5.32 Å². The fraction of sp³-hybridized carbons (Fsp3) is 0.385. The van der Waals surface area contributed by atoms with Gasteiger partial charge in [-0.05, 0) is 25.5 Å². The van der Waals surface area contributed by atoms with Crippen molar-refractivity contribution in [3.05, 3.63) is 29.3 Å². The predicted octanol–water partition coefficient (Wildman–Crippen LogP) is 1.98. The van der Waals surface area contributed by atoms with Gasteiger partial charge in [0.2, 0.25) is 5.91 Å². The average Bonchev–Trinajstić information content (AvgIpc) is 2.27. The number of carbonyl (C=O) groups is 2. The number of hydrogen-bond donors (Lipinski definition) is 2. The summed E-state index contributed by atoms with van der Waals surface area (Å²) in [5.74, 6) is -1.02. The van der Waals surface area contributed by atoms with Crippen LogP contribution in [0.15, 0.2) is 23.1 Å². The highest BCUT2D eigenvalue weighted by Crippen LogP contribution is 2.24. The number of carboxylic acid groups (broad SMARTS) is 1. The van der Waals surface area contributed by atoms with Crippen LogP contribution in [0, 0.1) is 13.8 Å². The summed E-state index contributed by atoms with van der Waals surface area (Å²) in [6, 6.07) is 5.19. The molecule has 0 spiro atoms. The number of nitrogens with one attached hydrogen (secondary N) is 1. The summed E-state index contributed by atoms with van der Waals surface area (Å²) < 4.78 is 0. The lowest BCUT2D eigenvalue weighted by Crippen LogP contribution is -2.41. The quantitative estimate of drug-likeness (QED) is 0.801. The van der Waals surface area contributed by atoms with Crippen LogP contribution in [0.3, 0.4) is 0 Å². The number of amides is 1. The smallest absolute Gasteiger partial charge is 0.327 e. The van der Waals surface area contributed by atoms with E-state index in [4.69, 9.17) is 5.11 Å². The molecule has 0 radical (unpaired) electrons. The molecule has 0 aliphatic heterocycles. The van der Waals surface area contributed by atoms with E-state index in [1.807, 2.05) is 32.0 Å². The highest BCUT2D eigenvalue weighted by atomic mass is 32.2. The molecule has 5 heteroatoms. The second-order valence-corrected chi connectivity index (χ2v) is 5.23. The van der Waals surface area contributed by atoms with E-state index in [-0.39, 0.29) is 5.91 Å². The fourth-order valence-electron chi connectivity index (χ4n) is 1.46. The number of benzene rings is 1. The first-order chi connectivity index (χ1) is 8.40. The second-order valence-electron chi connectivity index (χ2n) is 4.17. The fourth-order valence-corrected chi connectivity index (χ4v) is 2.59. The van der Waals surface area contributed by atoms with Gasteiger partial charge in [0.05, 0.1) is 0 Å². The largest absolute Gasteiger partial charge is 0.480 e. The van der Waals surface area contributed by atoms with Crippen LogP contribution in [-0.4, -0.2) is 28.8 Å². The number of carbonyl (C=O) groups excluding carboxylic acids is 1. The Bertz CT molecular complexity index is 460. The van der Waals surface area contributed by atoms with Gasteiger partial charge >= 0.3 is 5.97 Å². The SMILES string of the molecule is CC(=O)NC(CSc1cc(C)ccc1C)C(=O)O. The maximum Gasteiger partial charge on any atom is 0.327 e. The van der Waals surface area contributed by atoms with Crippen LogP contribution in [0.1, 0.15) is 18.1 Å². The average molecular weight is 267 g/mol. The molecule has 0 heterocycles. The van der Waals surface area contributed by atoms with Crippen LogP contribution >= 0.6 is 11.8 Å². The molecule has 18 heavy (non-hydrogen) atoms. The standard InChI is InChI=1S/C13H17NO3S/c1-8-4-5-9(2)12(6-8)18-7-11(13(16)17)14-10(3)15/h4-6,11H,7H2,1-3H3,(H,14,15)(H,16,17). The lowest BCUT2D eigenvalue weighted by molar-refractivity contribution is -0.140. The van der Waals surface area contributed by atoms with Crippen molar-refractivity contribution in [2.75, 3.05) is 5.75 Å². The Morgan fingerprint density at radius 3 is 2.61 bits per heavy atom. The minimum absolute atomic E-state index is 0.319. The molecule has 0 aliphatic rings. The van der Waals surface area contributed by atoms with E-state index in [1.54, 1.807) is 0 Å². The summed E-state index contributed by atoms with van der Waals surface area (Å²) >= 11 is 1.44. The van der Waals surface area contributed by atoms with Gasteiger partial charge in [0.1, 0.15) is 6.04 Å². The zero-order valence-electron chi connectivity index (χ0n) is 10.7. The van der Waals surface area contributed by atoms with Gasteiger partial charge in [0, 0.05) is 17.6 Å². The maximum absolute atomic E-state index is 11.0. The highest BCUT2D eigenvalue weighted by Gasteiger charge is 2.18. The van der Waals surface area contributed by atoms with Crippen LogP contribution < -0.4 is 5.32 Å². The van der Waals surface area contributed by atoms with Gasteiger partial charge in [-0.15, -0.1) is 11.8 Å². The minimum Gasteiger partial charge on any atom is -0.480 e. The molecule has 1 aromatic rings. The van der Waals surface area contributed by atoms with Crippen molar-refractivity contribution >= 4 is 23.6 Å². The van der Waals surface area contributed by atoms with Crippen LogP contribution in [0.5, 0.6) is 0 Å². The van der Waals surface area contributed by atoms with Gasteiger partial charge in [-0.25, -0.2) is 4.79 Å². The van der Waals surface area contributed by atoms with Gasteiger partial charge in [-0.1, -0.05) is 17.7 Å². The molecular weight excluding hydrogens is 250 g/mol. The Balaban J connectivity index is 2.69. The molecular formula is C13H17NO3S. The first-order valence-corrected chi connectivity index (χ1v) is 6.58. The summed E-state index contributed by atoms with van der Waals surface area (Å²) in [4.78, 5) is 22.9. The Labute approximate surface area is 111 Å². The first kappa shape index (κ1) is 14.6. The molecule has 98 valence electrons. The van der Waals surface area contributed by atoms with Crippen LogP contribution in [0.25, 0.3) is 0 Å². The third-order valence-corrected chi connectivity index (χ3v) is 3.68. The van der Waals surface area contributed by atoms with Gasteiger partial charge in [0.25, 0.3) is 0 Å². The van der Waals surface area contributed by atoms with Crippen LogP contribution in [0.4, 0.5) is 0 Å². The third kappa shape index (κ3) is 4.41. The van der Waals surface area contributed by atoms with Crippen molar-refractivity contribution in [2.24, 2.45) is 0 Å². The number of aryl methyl sites for hydroxylation is 2. The minimum atomic E-state index is -1.01. The summed E-state index contributed by atoms with van der Waals surface area (Å²) in [5, 5.41) is 11.4. The highest BCUT2D eigenvalue weighted by molar-refractivity contribution is 7.99. The number of aliphatic carboxylic acids is 1. The molecule has 0 saturated carbocycles. The van der Waals surface area contributed by atoms with Gasteiger partial charge in [-0.3, -0.25) is 4.79 Å². The molecule has 0 aliphatic carbocycles. The van der Waals surface area contributed by atoms with E-state index in [1.165, 1.54) is 18.7 Å². The van der Waals surface area contributed by atoms with Crippen molar-refractivity contribution in [3.8, 4) is 0 Å². The van der Waals surface area contributed by atoms with Gasteiger partial charge in [-0.2, -0.15) is 0 Å². The molecule has 0 bridgehead atoms. The topological polar surface area (TPSA) is 66.4 Å². The maximum atomic E-state index is 11.0. The normalized spacial score (nSPS) is 11.9. The van der Waals surface area contributed by atoms with E-state index < -0.39 is 12.0 Å². The summed E-state index contributed by atoms with van der Waals surface area (Å²) in [7, 11) is 0. The summed E-state index contributed by atoms with van der Waals surface area (Å²) in [6.07, 6.45) is 0. The molecule has 1 aromatic carbocycles. The van der Waals surface area contributed by atoms with Gasteiger partial charge < -0.3 is 10.4 Å². The summed E-state index contributed by atoms with van der Waals surface area (Å²) in [5.41, 5.74) is 2.24. The van der Waals surface area contributed by atoms with Crippen molar-refractivity contribution in [3.63, 3.8) is 0 Å². The van der Waals surface area contributed by atoms with E-state index in [2.05, 4.69) is 5.32 Å². The lowest BCUT2D eigenvalue weighted by Gasteiger charge is -2.14. The number of rotatable bonds is 5. The van der Waals surface area contributed by atoms with Crippen molar-refractivity contribution in [2.45, 2.75) is 31.7 Å². The molecule has 4 nitrogen and oxygen atoms in total. The Hall–Kier alpha value is -1.49. The number of hydrogen-bond acceptors (Lipinski definition) is 3. The Morgan fingerprint density at radius 1 is 1.39 bits per heavy atom. The molecule has 1 atom stereocenters. The zero-order valence-corrected chi connectivity index (χ0v) is 11.5. The molecule has 0 aromatic heterocycles. The van der Waals surface area contributed by atoms with E-state index in [0.29, 0.717) is 5.75 Å². The summed E-state index contributed by atoms with van der Waals surface area (Å²) in [6.45, 7) is 5.29. The molecule has 1 unspecified atom stereocenters. The third-order valence-electron chi connectivity index (χ3n) is 2.42. The number of thioether (sulfide) groups is 1. The number of carboxylic acids is 1. The molecule has 1 rings (SSSR count). The lowest BCUT2D eigenvalue weighted by atomic mass is 10.2. The Kier molecular flexibility index (Phi) is 5.22. The van der Waals surface area contributed by atoms with Crippen molar-refractivity contribution in [1.29, 1.82) is 0 Å². The van der Waals surface area contributed by atoms with Crippen LogP contribution in [-0.2, 0) is 9.59 Å². The molecule has 0 fully saturated rings. The second kappa shape index (κ2) is 6.44. The first-order valence-electron chi connectivity index (χ1n) is 5.60. The van der Waals surface area contributed by atoms with Crippen LogP contribution in [0.2, 0.25) is 0 Å². The zero-order chi connectivity index (χ0) is 13.7. The molecule has 2 N–H and O–H groups in total.